The number of likely N-dealkylation sites (N-methyl/N-ethyl adjacent to an activating group) is 1. The molecule has 3 rings (SSSR count). The second-order valence-electron chi connectivity index (χ2n) is 7.24. The highest BCUT2D eigenvalue weighted by molar-refractivity contribution is 5.87. The lowest BCUT2D eigenvalue weighted by molar-refractivity contribution is -0.125. The summed E-state index contributed by atoms with van der Waals surface area (Å²) in [5, 5.41) is 5.30. The van der Waals surface area contributed by atoms with E-state index in [0.717, 1.165) is 12.3 Å². The van der Waals surface area contributed by atoms with Crippen molar-refractivity contribution >= 4 is 24.0 Å². The van der Waals surface area contributed by atoms with Gasteiger partial charge in [-0.25, -0.2) is 18.2 Å². The summed E-state index contributed by atoms with van der Waals surface area (Å²) in [6, 6.07) is 7.02. The van der Waals surface area contributed by atoms with Crippen LogP contribution in [0, 0.1) is 23.3 Å². The number of hydrazone groups is 1. The Morgan fingerprint density at radius 1 is 1.11 bits per heavy atom. The molecule has 3 aromatic rings. The van der Waals surface area contributed by atoms with Crippen molar-refractivity contribution in [3.8, 4) is 11.5 Å². The van der Waals surface area contributed by atoms with Crippen molar-refractivity contribution in [3.05, 3.63) is 90.3 Å². The van der Waals surface area contributed by atoms with Crippen molar-refractivity contribution < 1.29 is 27.1 Å². The minimum atomic E-state index is -1.37. The summed E-state index contributed by atoms with van der Waals surface area (Å²) in [5.41, 5.74) is 0.996. The molecule has 0 saturated heterocycles. The first-order valence-electron chi connectivity index (χ1n) is 10.5. The van der Waals surface area contributed by atoms with E-state index in [0.29, 0.717) is 24.0 Å². The molecular formula is C25H22F4N4O2. The largest absolute Gasteiger partial charge is 0.454 e. The quantitative estimate of drug-likeness (QED) is 0.120. The number of hydrogen-bond donors (Lipinski definition) is 0. The van der Waals surface area contributed by atoms with Gasteiger partial charge in [-0.3, -0.25) is 9.78 Å². The number of ether oxygens (including phenoxy) is 1. The Hall–Kier alpha value is -4.21. The summed E-state index contributed by atoms with van der Waals surface area (Å²) >= 11 is 0. The molecule has 0 aliphatic carbocycles. The Morgan fingerprint density at radius 3 is 2.46 bits per heavy atom. The molecule has 0 N–H and O–H groups in total. The van der Waals surface area contributed by atoms with Gasteiger partial charge in [-0.05, 0) is 43.7 Å². The van der Waals surface area contributed by atoms with E-state index in [4.69, 9.17) is 4.74 Å². The average Bonchev–Trinajstić information content (AvgIpc) is 2.85. The second-order valence-corrected chi connectivity index (χ2v) is 7.24. The summed E-state index contributed by atoms with van der Waals surface area (Å²) in [6.45, 7) is 9.48. The third kappa shape index (κ3) is 5.84. The predicted octanol–water partition coefficient (Wildman–Crippen LogP) is 5.76. The van der Waals surface area contributed by atoms with E-state index >= 15 is 0 Å². The standard InChI is InChI=1S/C25H22F4N4O2/c1-4-24(34)32(5-2)11-10-19-21(28)14-31-15-22(19)33(30-3)17-6-8-18(9-7-17)35-23-13-16(26)12-20(27)25(23)29/h4,6-9,12-15H,1,3,5,10-11H2,2H3. The Balaban J connectivity index is 1.86. The van der Waals surface area contributed by atoms with Crippen LogP contribution in [0.15, 0.2) is 66.5 Å². The first-order chi connectivity index (χ1) is 16.8. The van der Waals surface area contributed by atoms with E-state index in [-0.39, 0.29) is 30.2 Å². The number of rotatable bonds is 10. The Morgan fingerprint density at radius 2 is 1.83 bits per heavy atom. The number of pyridine rings is 1. The third-order valence-corrected chi connectivity index (χ3v) is 5.12. The normalized spacial score (nSPS) is 10.5. The summed E-state index contributed by atoms with van der Waals surface area (Å²) in [5.74, 6) is -5.05. The zero-order valence-electron chi connectivity index (χ0n) is 18.8. The third-order valence-electron chi connectivity index (χ3n) is 5.12. The lowest BCUT2D eigenvalue weighted by Gasteiger charge is -2.24. The van der Waals surface area contributed by atoms with Gasteiger partial charge in [-0.15, -0.1) is 0 Å². The number of amides is 1. The van der Waals surface area contributed by atoms with Gasteiger partial charge in [0.2, 0.25) is 11.7 Å². The summed E-state index contributed by atoms with van der Waals surface area (Å²) < 4.78 is 60.7. The highest BCUT2D eigenvalue weighted by Crippen LogP contribution is 2.33. The van der Waals surface area contributed by atoms with Crippen LogP contribution in [0.1, 0.15) is 12.5 Å². The van der Waals surface area contributed by atoms with Crippen LogP contribution in [0.3, 0.4) is 0 Å². The van der Waals surface area contributed by atoms with E-state index in [1.54, 1.807) is 6.92 Å². The Kier molecular flexibility index (Phi) is 8.19. The Bertz CT molecular complexity index is 1230. The first-order valence-corrected chi connectivity index (χ1v) is 10.5. The number of halogens is 4. The molecule has 10 heteroatoms. The smallest absolute Gasteiger partial charge is 0.245 e. The van der Waals surface area contributed by atoms with Crippen molar-refractivity contribution in [2.24, 2.45) is 5.10 Å². The molecule has 35 heavy (non-hydrogen) atoms. The number of benzene rings is 2. The van der Waals surface area contributed by atoms with Crippen LogP contribution in [0.2, 0.25) is 0 Å². The average molecular weight is 486 g/mol. The molecule has 6 nitrogen and oxygen atoms in total. The zero-order valence-corrected chi connectivity index (χ0v) is 18.8. The van der Waals surface area contributed by atoms with Crippen LogP contribution in [0.4, 0.5) is 28.9 Å². The van der Waals surface area contributed by atoms with Gasteiger partial charge >= 0.3 is 0 Å². The van der Waals surface area contributed by atoms with Gasteiger partial charge in [0.25, 0.3) is 0 Å². The number of carbonyl (C=O) groups excluding carboxylic acids is 1. The molecule has 0 fully saturated rings. The van der Waals surface area contributed by atoms with Gasteiger partial charge in [-0.2, -0.15) is 9.49 Å². The molecule has 0 bridgehead atoms. The molecule has 1 heterocycles. The Labute approximate surface area is 199 Å². The number of carbonyl (C=O) groups is 1. The molecule has 0 aliphatic heterocycles. The molecule has 0 spiro atoms. The fourth-order valence-electron chi connectivity index (χ4n) is 3.37. The molecule has 2 aromatic carbocycles. The summed E-state index contributed by atoms with van der Waals surface area (Å²) in [4.78, 5) is 17.4. The number of nitrogens with zero attached hydrogens (tertiary/aromatic N) is 4. The molecule has 0 unspecified atom stereocenters. The molecular weight excluding hydrogens is 464 g/mol. The van der Waals surface area contributed by atoms with E-state index in [1.807, 2.05) is 0 Å². The van der Waals surface area contributed by atoms with Gasteiger partial charge < -0.3 is 9.64 Å². The number of anilines is 2. The van der Waals surface area contributed by atoms with Crippen LogP contribution >= 0.6 is 0 Å². The number of aromatic nitrogens is 1. The maximum absolute atomic E-state index is 14.7. The maximum Gasteiger partial charge on any atom is 0.245 e. The van der Waals surface area contributed by atoms with Crippen LogP contribution in [-0.4, -0.2) is 35.6 Å². The minimum absolute atomic E-state index is 0.0979. The van der Waals surface area contributed by atoms with E-state index < -0.39 is 29.0 Å². The molecule has 0 saturated carbocycles. The van der Waals surface area contributed by atoms with Crippen molar-refractivity contribution in [1.29, 1.82) is 0 Å². The van der Waals surface area contributed by atoms with E-state index in [1.165, 1.54) is 46.4 Å². The lowest BCUT2D eigenvalue weighted by atomic mass is 10.1. The van der Waals surface area contributed by atoms with Crippen LogP contribution in [0.25, 0.3) is 0 Å². The molecule has 182 valence electrons. The van der Waals surface area contributed by atoms with Gasteiger partial charge in [-0.1, -0.05) is 6.58 Å². The molecule has 0 aliphatic rings. The SMILES string of the molecule is C=CC(=O)N(CC)CCc1c(F)cncc1N(N=C)c1ccc(Oc2cc(F)cc(F)c2F)cc1. The van der Waals surface area contributed by atoms with Gasteiger partial charge in [0.1, 0.15) is 17.4 Å². The minimum Gasteiger partial charge on any atom is -0.454 e. The lowest BCUT2D eigenvalue weighted by Crippen LogP contribution is -2.31. The van der Waals surface area contributed by atoms with Gasteiger partial charge in [0.15, 0.2) is 11.6 Å². The van der Waals surface area contributed by atoms with Crippen molar-refractivity contribution in [1.82, 2.24) is 9.88 Å². The second kappa shape index (κ2) is 11.3. The predicted molar refractivity (Wildman–Crippen MR) is 125 cm³/mol. The van der Waals surface area contributed by atoms with Crippen molar-refractivity contribution in [3.63, 3.8) is 0 Å². The van der Waals surface area contributed by atoms with Crippen molar-refractivity contribution in [2.75, 3.05) is 18.1 Å². The highest BCUT2D eigenvalue weighted by atomic mass is 19.2. The molecule has 0 radical (unpaired) electrons. The first kappa shape index (κ1) is 25.4. The molecule has 1 amide bonds. The maximum atomic E-state index is 14.7. The monoisotopic (exact) mass is 486 g/mol. The van der Waals surface area contributed by atoms with Crippen LogP contribution < -0.4 is 9.75 Å². The van der Waals surface area contributed by atoms with Gasteiger partial charge in [0.05, 0.1) is 23.8 Å². The summed E-state index contributed by atoms with van der Waals surface area (Å²) in [6.07, 6.45) is 3.84. The molecule has 0 atom stereocenters. The topological polar surface area (TPSA) is 58.0 Å². The fourth-order valence-corrected chi connectivity index (χ4v) is 3.37. The fraction of sp³-hybridized carbons (Fsp3) is 0.160. The molecule has 1 aromatic heterocycles. The van der Waals surface area contributed by atoms with Crippen molar-refractivity contribution in [2.45, 2.75) is 13.3 Å². The van der Waals surface area contributed by atoms with Gasteiger partial charge in [0, 0.05) is 37.5 Å². The van der Waals surface area contributed by atoms with E-state index in [9.17, 15) is 22.4 Å². The number of hydrogen-bond acceptors (Lipinski definition) is 5. The summed E-state index contributed by atoms with van der Waals surface area (Å²) in [7, 11) is 0. The van der Waals surface area contributed by atoms with Crippen LogP contribution in [-0.2, 0) is 11.2 Å². The van der Waals surface area contributed by atoms with Crippen LogP contribution in [0.5, 0.6) is 11.5 Å². The van der Waals surface area contributed by atoms with E-state index in [2.05, 4.69) is 23.4 Å². The zero-order chi connectivity index (χ0) is 25.5. The highest BCUT2D eigenvalue weighted by Gasteiger charge is 2.19.